The van der Waals surface area contributed by atoms with Crippen LogP contribution in [0.2, 0.25) is 0 Å². The molecular formula is C14H23F3N2O. The predicted molar refractivity (Wildman–Crippen MR) is 69.8 cm³/mol. The highest BCUT2D eigenvalue weighted by molar-refractivity contribution is 5.80. The Morgan fingerprint density at radius 1 is 1.15 bits per heavy atom. The number of hydrogen-bond acceptors (Lipinski definition) is 2. The molecule has 0 aromatic carbocycles. The number of nitrogens with zero attached hydrogens (tertiary/aromatic N) is 1. The van der Waals surface area contributed by atoms with Crippen molar-refractivity contribution in [2.75, 3.05) is 13.1 Å². The lowest BCUT2D eigenvalue weighted by Gasteiger charge is -2.39. The van der Waals surface area contributed by atoms with Crippen LogP contribution in [-0.2, 0) is 4.79 Å². The number of carbonyl (C=O) groups is 1. The molecule has 1 amide bonds. The summed E-state index contributed by atoms with van der Waals surface area (Å²) in [7, 11) is 0. The molecule has 3 nitrogen and oxygen atoms in total. The Labute approximate surface area is 117 Å². The van der Waals surface area contributed by atoms with Gasteiger partial charge in [0.2, 0.25) is 5.91 Å². The van der Waals surface area contributed by atoms with E-state index in [0.717, 1.165) is 19.3 Å². The van der Waals surface area contributed by atoms with Gasteiger partial charge < -0.3 is 10.6 Å². The van der Waals surface area contributed by atoms with Gasteiger partial charge in [-0.15, -0.1) is 0 Å². The van der Waals surface area contributed by atoms with Crippen LogP contribution in [0.4, 0.5) is 13.2 Å². The fraction of sp³-hybridized carbons (Fsp3) is 0.929. The molecule has 1 saturated carbocycles. The maximum Gasteiger partial charge on any atom is 0.391 e. The average molecular weight is 292 g/mol. The SMILES string of the molecule is CC1CCCC(N)C1C(=O)N1CCC(C(F)(F)F)CC1. The zero-order valence-electron chi connectivity index (χ0n) is 11.8. The number of rotatable bonds is 1. The first-order valence-corrected chi connectivity index (χ1v) is 7.41. The summed E-state index contributed by atoms with van der Waals surface area (Å²) in [4.78, 5) is 14.1. The summed E-state index contributed by atoms with van der Waals surface area (Å²) in [6, 6.07) is -0.147. The van der Waals surface area contributed by atoms with Crippen molar-refractivity contribution in [2.45, 2.75) is 51.2 Å². The van der Waals surface area contributed by atoms with Crippen LogP contribution in [0.15, 0.2) is 0 Å². The van der Waals surface area contributed by atoms with Gasteiger partial charge in [-0.3, -0.25) is 4.79 Å². The van der Waals surface area contributed by atoms with E-state index in [2.05, 4.69) is 0 Å². The summed E-state index contributed by atoms with van der Waals surface area (Å²) >= 11 is 0. The lowest BCUT2D eigenvalue weighted by Crippen LogP contribution is -2.51. The third-order valence-electron chi connectivity index (χ3n) is 4.83. The van der Waals surface area contributed by atoms with Crippen molar-refractivity contribution >= 4 is 5.91 Å². The fourth-order valence-corrected chi connectivity index (χ4v) is 3.52. The van der Waals surface area contributed by atoms with Crippen LogP contribution in [0.25, 0.3) is 0 Å². The summed E-state index contributed by atoms with van der Waals surface area (Å²) in [5.41, 5.74) is 6.05. The van der Waals surface area contributed by atoms with E-state index in [4.69, 9.17) is 5.73 Å². The number of amides is 1. The van der Waals surface area contributed by atoms with Crippen LogP contribution in [0, 0.1) is 17.8 Å². The lowest BCUT2D eigenvalue weighted by molar-refractivity contribution is -0.187. The minimum absolute atomic E-state index is 0.0194. The van der Waals surface area contributed by atoms with Crippen molar-refractivity contribution in [2.24, 2.45) is 23.5 Å². The van der Waals surface area contributed by atoms with Gasteiger partial charge in [0.1, 0.15) is 0 Å². The van der Waals surface area contributed by atoms with E-state index in [1.165, 1.54) is 0 Å². The Morgan fingerprint density at radius 3 is 2.25 bits per heavy atom. The summed E-state index contributed by atoms with van der Waals surface area (Å²) in [6.45, 7) is 2.43. The number of carbonyl (C=O) groups excluding carboxylic acids is 1. The first-order valence-electron chi connectivity index (χ1n) is 7.41. The molecule has 2 aliphatic rings. The molecular weight excluding hydrogens is 269 g/mol. The summed E-state index contributed by atoms with van der Waals surface area (Å²) in [6.07, 6.45) is -1.26. The van der Waals surface area contributed by atoms with Gasteiger partial charge in [0.15, 0.2) is 0 Å². The third kappa shape index (κ3) is 3.27. The summed E-state index contributed by atoms with van der Waals surface area (Å²) < 4.78 is 37.9. The lowest BCUT2D eigenvalue weighted by atomic mass is 9.76. The quantitative estimate of drug-likeness (QED) is 0.807. The third-order valence-corrected chi connectivity index (χ3v) is 4.83. The number of nitrogens with two attached hydrogens (primary N) is 1. The largest absolute Gasteiger partial charge is 0.391 e. The van der Waals surface area contributed by atoms with Gasteiger partial charge in [-0.05, 0) is 31.6 Å². The Bertz CT molecular complexity index is 341. The molecule has 0 bridgehead atoms. The van der Waals surface area contributed by atoms with Crippen molar-refractivity contribution in [3.05, 3.63) is 0 Å². The summed E-state index contributed by atoms with van der Waals surface area (Å²) in [5, 5.41) is 0. The number of likely N-dealkylation sites (tertiary alicyclic amines) is 1. The molecule has 2 N–H and O–H groups in total. The molecule has 1 aliphatic carbocycles. The molecule has 6 heteroatoms. The Morgan fingerprint density at radius 2 is 1.75 bits per heavy atom. The number of alkyl halides is 3. The Balaban J connectivity index is 1.94. The minimum Gasteiger partial charge on any atom is -0.342 e. The van der Waals surface area contributed by atoms with Gasteiger partial charge in [0.05, 0.1) is 11.8 Å². The first kappa shape index (κ1) is 15.6. The predicted octanol–water partition coefficient (Wildman–Crippen LogP) is 2.55. The van der Waals surface area contributed by atoms with E-state index in [-0.39, 0.29) is 49.7 Å². The molecule has 1 saturated heterocycles. The van der Waals surface area contributed by atoms with Gasteiger partial charge in [-0.25, -0.2) is 0 Å². The fourth-order valence-electron chi connectivity index (χ4n) is 3.52. The molecule has 0 spiro atoms. The van der Waals surface area contributed by atoms with Crippen LogP contribution in [0.1, 0.15) is 39.0 Å². The molecule has 1 heterocycles. The topological polar surface area (TPSA) is 46.3 Å². The second kappa shape index (κ2) is 5.92. The highest BCUT2D eigenvalue weighted by Gasteiger charge is 2.43. The minimum atomic E-state index is -4.14. The number of hydrogen-bond donors (Lipinski definition) is 1. The second-order valence-corrected chi connectivity index (χ2v) is 6.24. The number of piperidine rings is 1. The van der Waals surface area contributed by atoms with Gasteiger partial charge in [-0.2, -0.15) is 13.2 Å². The first-order chi connectivity index (χ1) is 9.30. The van der Waals surface area contributed by atoms with E-state index >= 15 is 0 Å². The van der Waals surface area contributed by atoms with Gasteiger partial charge in [0, 0.05) is 19.1 Å². The van der Waals surface area contributed by atoms with Crippen molar-refractivity contribution in [1.82, 2.24) is 4.90 Å². The van der Waals surface area contributed by atoms with Crippen molar-refractivity contribution in [3.8, 4) is 0 Å². The normalized spacial score (nSPS) is 33.2. The zero-order chi connectivity index (χ0) is 14.9. The van der Waals surface area contributed by atoms with Crippen molar-refractivity contribution < 1.29 is 18.0 Å². The molecule has 2 rings (SSSR count). The van der Waals surface area contributed by atoms with Crippen molar-refractivity contribution in [1.29, 1.82) is 0 Å². The van der Waals surface area contributed by atoms with E-state index in [1.54, 1.807) is 4.90 Å². The molecule has 0 aromatic rings. The highest BCUT2D eigenvalue weighted by Crippen LogP contribution is 2.36. The van der Waals surface area contributed by atoms with E-state index < -0.39 is 12.1 Å². The van der Waals surface area contributed by atoms with E-state index in [0.29, 0.717) is 0 Å². The van der Waals surface area contributed by atoms with Crippen LogP contribution in [0.3, 0.4) is 0 Å². The number of halogens is 3. The van der Waals surface area contributed by atoms with Crippen molar-refractivity contribution in [3.63, 3.8) is 0 Å². The van der Waals surface area contributed by atoms with Gasteiger partial charge in [-0.1, -0.05) is 13.3 Å². The highest BCUT2D eigenvalue weighted by atomic mass is 19.4. The molecule has 20 heavy (non-hydrogen) atoms. The molecule has 3 unspecified atom stereocenters. The van der Waals surface area contributed by atoms with Crippen LogP contribution in [-0.4, -0.2) is 36.1 Å². The second-order valence-electron chi connectivity index (χ2n) is 6.24. The van der Waals surface area contributed by atoms with Gasteiger partial charge in [0.25, 0.3) is 0 Å². The zero-order valence-corrected chi connectivity index (χ0v) is 11.8. The monoisotopic (exact) mass is 292 g/mol. The van der Waals surface area contributed by atoms with Crippen LogP contribution >= 0.6 is 0 Å². The van der Waals surface area contributed by atoms with Gasteiger partial charge >= 0.3 is 6.18 Å². The molecule has 0 aromatic heterocycles. The smallest absolute Gasteiger partial charge is 0.342 e. The Kier molecular flexibility index (Phi) is 4.62. The van der Waals surface area contributed by atoms with Crippen LogP contribution in [0.5, 0.6) is 0 Å². The van der Waals surface area contributed by atoms with E-state index in [1.807, 2.05) is 6.92 Å². The maximum atomic E-state index is 12.6. The van der Waals surface area contributed by atoms with E-state index in [9.17, 15) is 18.0 Å². The molecule has 116 valence electrons. The Hall–Kier alpha value is -0.780. The standard InChI is InChI=1S/C14H23F3N2O/c1-9-3-2-4-11(18)12(9)13(20)19-7-5-10(6-8-19)14(15,16)17/h9-12H,2-8,18H2,1H3. The molecule has 0 radical (unpaired) electrons. The molecule has 2 fully saturated rings. The maximum absolute atomic E-state index is 12.6. The molecule has 3 atom stereocenters. The molecule has 1 aliphatic heterocycles. The summed E-state index contributed by atoms with van der Waals surface area (Å²) in [5.74, 6) is -1.29. The van der Waals surface area contributed by atoms with Crippen LogP contribution < -0.4 is 5.73 Å². The average Bonchev–Trinajstić information content (AvgIpc) is 2.37.